The van der Waals surface area contributed by atoms with Crippen LogP contribution < -0.4 is 25.6 Å². The third kappa shape index (κ3) is 4.64. The highest BCUT2D eigenvalue weighted by molar-refractivity contribution is 5.96. The summed E-state index contributed by atoms with van der Waals surface area (Å²) in [4.78, 5) is 31.1. The Hall–Kier alpha value is -3.92. The van der Waals surface area contributed by atoms with Gasteiger partial charge in [0.05, 0.1) is 30.2 Å². The Morgan fingerprint density at radius 1 is 1.19 bits per heavy atom. The van der Waals surface area contributed by atoms with E-state index in [4.69, 9.17) is 9.72 Å². The molecule has 3 aromatic rings. The largest absolute Gasteiger partial charge is 0.474 e. The number of benzene rings is 1. The van der Waals surface area contributed by atoms with Crippen molar-refractivity contribution in [2.24, 2.45) is 0 Å². The van der Waals surface area contributed by atoms with E-state index in [-0.39, 0.29) is 11.9 Å². The number of nitrogens with one attached hydrogen (secondary N) is 3. The first-order valence-electron chi connectivity index (χ1n) is 12.8. The lowest BCUT2D eigenvalue weighted by atomic mass is 10.0. The zero-order valence-corrected chi connectivity index (χ0v) is 21.5. The lowest BCUT2D eigenvalue weighted by molar-refractivity contribution is 0.0857. The minimum absolute atomic E-state index is 0.0269. The van der Waals surface area contributed by atoms with Gasteiger partial charge in [-0.05, 0) is 56.6 Å². The molecule has 10 nitrogen and oxygen atoms in total. The number of nitrogens with zero attached hydrogens (tertiary/aromatic N) is 5. The standard InChI is InChI=1S/C27H32N8O2/c1-16-10-19(4-5-21(16)25(36)31-20-13-34(3)14-20)32-27-30-11-18-6-8-35(15-22(18)33-27)23-12-29-26-24(17(23)2)28-7-9-37-26/h4-5,10-12,20,28H,6-9,13-15H2,1-3H3,(H,31,36)(H,30,32,33). The van der Waals surface area contributed by atoms with Crippen LogP contribution in [-0.4, -0.2) is 71.6 Å². The Kier molecular flexibility index (Phi) is 6.03. The first-order chi connectivity index (χ1) is 17.9. The van der Waals surface area contributed by atoms with Gasteiger partial charge in [0.15, 0.2) is 0 Å². The van der Waals surface area contributed by atoms with Crippen molar-refractivity contribution in [2.75, 3.05) is 55.4 Å². The predicted molar refractivity (Wildman–Crippen MR) is 143 cm³/mol. The maximum Gasteiger partial charge on any atom is 0.251 e. The minimum atomic E-state index is -0.0269. The van der Waals surface area contributed by atoms with Crippen molar-refractivity contribution in [3.8, 4) is 5.88 Å². The van der Waals surface area contributed by atoms with Crippen LogP contribution in [0, 0.1) is 13.8 Å². The van der Waals surface area contributed by atoms with Crippen LogP contribution in [0.4, 0.5) is 23.0 Å². The number of hydrogen-bond donors (Lipinski definition) is 3. The van der Waals surface area contributed by atoms with Crippen LogP contribution in [0.5, 0.6) is 5.88 Å². The number of hydrogen-bond acceptors (Lipinski definition) is 9. The second-order valence-electron chi connectivity index (χ2n) is 10.1. The van der Waals surface area contributed by atoms with E-state index in [1.54, 1.807) is 0 Å². The number of pyridine rings is 1. The number of likely N-dealkylation sites (N-methyl/N-ethyl adjacent to an activating group) is 1. The molecule has 0 spiro atoms. The van der Waals surface area contributed by atoms with E-state index < -0.39 is 0 Å². The fourth-order valence-electron chi connectivity index (χ4n) is 5.28. The summed E-state index contributed by atoms with van der Waals surface area (Å²) in [7, 11) is 2.05. The van der Waals surface area contributed by atoms with Gasteiger partial charge in [0.25, 0.3) is 5.91 Å². The third-order valence-corrected chi connectivity index (χ3v) is 7.33. The zero-order valence-electron chi connectivity index (χ0n) is 21.5. The van der Waals surface area contributed by atoms with Crippen molar-refractivity contribution in [1.29, 1.82) is 0 Å². The monoisotopic (exact) mass is 500 g/mol. The molecule has 10 heteroatoms. The fraction of sp³-hybridized carbons (Fsp3) is 0.407. The highest BCUT2D eigenvalue weighted by atomic mass is 16.5. The molecule has 3 aliphatic heterocycles. The zero-order chi connectivity index (χ0) is 25.5. The summed E-state index contributed by atoms with van der Waals surface area (Å²) in [6, 6.07) is 5.96. The summed E-state index contributed by atoms with van der Waals surface area (Å²) in [5.41, 5.74) is 7.83. The van der Waals surface area contributed by atoms with Gasteiger partial charge in [-0.25, -0.2) is 15.0 Å². The quantitative estimate of drug-likeness (QED) is 0.487. The molecule has 0 aliphatic carbocycles. The number of rotatable bonds is 5. The van der Waals surface area contributed by atoms with Crippen molar-refractivity contribution < 1.29 is 9.53 Å². The SMILES string of the molecule is Cc1cc(Nc2ncc3c(n2)CN(c2cnc4c(c2C)NCCO4)CC3)ccc1C(=O)NC1CN(C)C1. The van der Waals surface area contributed by atoms with Gasteiger partial charge >= 0.3 is 0 Å². The van der Waals surface area contributed by atoms with Gasteiger partial charge in [-0.2, -0.15) is 0 Å². The number of anilines is 4. The van der Waals surface area contributed by atoms with Crippen molar-refractivity contribution in [3.63, 3.8) is 0 Å². The molecule has 1 fully saturated rings. The summed E-state index contributed by atoms with van der Waals surface area (Å²) in [6.45, 7) is 8.83. The van der Waals surface area contributed by atoms with E-state index in [0.717, 1.165) is 72.0 Å². The average Bonchev–Trinajstić information content (AvgIpc) is 2.88. The molecule has 0 saturated carbocycles. The Morgan fingerprint density at radius 2 is 2.05 bits per heavy atom. The molecule has 37 heavy (non-hydrogen) atoms. The van der Waals surface area contributed by atoms with Gasteiger partial charge in [-0.15, -0.1) is 0 Å². The van der Waals surface area contributed by atoms with E-state index in [1.165, 1.54) is 0 Å². The first kappa shape index (κ1) is 23.5. The van der Waals surface area contributed by atoms with E-state index in [1.807, 2.05) is 44.6 Å². The highest BCUT2D eigenvalue weighted by Gasteiger charge is 2.26. The maximum atomic E-state index is 12.7. The van der Waals surface area contributed by atoms with Crippen LogP contribution in [0.2, 0.25) is 0 Å². The summed E-state index contributed by atoms with van der Waals surface area (Å²) in [5, 5.41) is 9.84. The molecule has 2 aromatic heterocycles. The molecule has 1 saturated heterocycles. The Morgan fingerprint density at radius 3 is 2.86 bits per heavy atom. The number of aromatic nitrogens is 3. The number of aryl methyl sites for hydroxylation is 1. The van der Waals surface area contributed by atoms with Crippen LogP contribution in [0.3, 0.4) is 0 Å². The third-order valence-electron chi connectivity index (χ3n) is 7.33. The van der Waals surface area contributed by atoms with Crippen LogP contribution in [-0.2, 0) is 13.0 Å². The lowest BCUT2D eigenvalue weighted by Crippen LogP contribution is -2.57. The first-order valence-corrected chi connectivity index (χ1v) is 12.8. The number of ether oxygens (including phenoxy) is 1. The second-order valence-corrected chi connectivity index (χ2v) is 10.1. The number of fused-ring (bicyclic) bond motifs is 2. The molecule has 1 amide bonds. The maximum absolute atomic E-state index is 12.7. The molecule has 6 rings (SSSR count). The molecule has 0 bridgehead atoms. The van der Waals surface area contributed by atoms with Gasteiger partial charge in [0.2, 0.25) is 11.8 Å². The summed E-state index contributed by atoms with van der Waals surface area (Å²) in [6.07, 6.45) is 4.69. The smallest absolute Gasteiger partial charge is 0.251 e. The Balaban J connectivity index is 1.16. The normalized spacial score (nSPS) is 17.1. The van der Waals surface area contributed by atoms with Crippen LogP contribution in [0.25, 0.3) is 0 Å². The molecule has 3 N–H and O–H groups in total. The number of carbonyl (C=O) groups excluding carboxylic acids is 1. The molecule has 1 aromatic carbocycles. The summed E-state index contributed by atoms with van der Waals surface area (Å²) < 4.78 is 5.69. The molecule has 0 radical (unpaired) electrons. The van der Waals surface area contributed by atoms with Crippen molar-refractivity contribution in [1.82, 2.24) is 25.2 Å². The van der Waals surface area contributed by atoms with E-state index in [9.17, 15) is 4.79 Å². The topological polar surface area (TPSA) is 108 Å². The molecule has 0 atom stereocenters. The summed E-state index contributed by atoms with van der Waals surface area (Å²) >= 11 is 0. The van der Waals surface area contributed by atoms with Gasteiger partial charge in [0, 0.05) is 49.2 Å². The molecule has 0 unspecified atom stereocenters. The highest BCUT2D eigenvalue weighted by Crippen LogP contribution is 2.36. The second kappa shape index (κ2) is 9.51. The van der Waals surface area contributed by atoms with E-state index >= 15 is 0 Å². The average molecular weight is 501 g/mol. The van der Waals surface area contributed by atoms with Crippen molar-refractivity contribution in [2.45, 2.75) is 32.9 Å². The number of likely N-dealkylation sites (tertiary alicyclic amines) is 1. The minimum Gasteiger partial charge on any atom is -0.474 e. The number of amides is 1. The van der Waals surface area contributed by atoms with Crippen LogP contribution >= 0.6 is 0 Å². The van der Waals surface area contributed by atoms with Gasteiger partial charge in [-0.1, -0.05) is 0 Å². The lowest BCUT2D eigenvalue weighted by Gasteiger charge is -2.36. The Bertz CT molecular complexity index is 1350. The van der Waals surface area contributed by atoms with Crippen molar-refractivity contribution >= 4 is 28.9 Å². The molecule has 192 valence electrons. The van der Waals surface area contributed by atoms with Gasteiger partial charge in [0.1, 0.15) is 12.3 Å². The number of carbonyl (C=O) groups is 1. The van der Waals surface area contributed by atoms with Crippen molar-refractivity contribution in [3.05, 3.63) is 58.5 Å². The van der Waals surface area contributed by atoms with Crippen LogP contribution in [0.15, 0.2) is 30.6 Å². The van der Waals surface area contributed by atoms with Gasteiger partial charge < -0.3 is 30.5 Å². The molecule has 3 aliphatic rings. The van der Waals surface area contributed by atoms with E-state index in [2.05, 4.69) is 42.6 Å². The Labute approximate surface area is 216 Å². The predicted octanol–water partition coefficient (Wildman–Crippen LogP) is 2.64. The van der Waals surface area contributed by atoms with Gasteiger partial charge in [-0.3, -0.25) is 4.79 Å². The molecular formula is C27H32N8O2. The van der Waals surface area contributed by atoms with Crippen LogP contribution in [0.1, 0.15) is 32.7 Å². The fourth-order valence-corrected chi connectivity index (χ4v) is 5.28. The summed E-state index contributed by atoms with van der Waals surface area (Å²) in [5.74, 6) is 1.19. The van der Waals surface area contributed by atoms with E-state index in [0.29, 0.717) is 30.5 Å². The molecular weight excluding hydrogens is 468 g/mol. The molecule has 5 heterocycles.